The van der Waals surface area contributed by atoms with Gasteiger partial charge >= 0.3 is 0 Å². The van der Waals surface area contributed by atoms with Crippen molar-refractivity contribution in [3.8, 4) is 0 Å². The van der Waals surface area contributed by atoms with Crippen molar-refractivity contribution in [3.63, 3.8) is 0 Å². The van der Waals surface area contributed by atoms with Gasteiger partial charge in [-0.25, -0.2) is 4.98 Å². The number of H-pyrrole nitrogens is 1. The predicted octanol–water partition coefficient (Wildman–Crippen LogP) is 4.64. The minimum atomic E-state index is -0.564. The Kier molecular flexibility index (Phi) is 4.97. The highest BCUT2D eigenvalue weighted by molar-refractivity contribution is 6.30. The Balaban J connectivity index is 1.73. The lowest BCUT2D eigenvalue weighted by atomic mass is 10.1. The van der Waals surface area contributed by atoms with Crippen molar-refractivity contribution in [2.24, 2.45) is 0 Å². The second-order valence-electron chi connectivity index (χ2n) is 6.40. The molecule has 7 nitrogen and oxygen atoms in total. The molecule has 0 aliphatic heterocycles. The first-order chi connectivity index (χ1) is 14.0. The Hall–Kier alpha value is -3.71. The first kappa shape index (κ1) is 18.6. The molecule has 1 aromatic heterocycles. The number of fused-ring (bicyclic) bond motifs is 1. The number of benzene rings is 3. The second-order valence-corrected chi connectivity index (χ2v) is 6.84. The molecule has 0 radical (unpaired) electrons. The number of non-ortho nitro benzene ring substituents is 1. The van der Waals surface area contributed by atoms with Crippen molar-refractivity contribution in [1.82, 2.24) is 15.3 Å². The van der Waals surface area contributed by atoms with E-state index in [4.69, 9.17) is 11.6 Å². The molecule has 144 valence electrons. The molecule has 4 rings (SSSR count). The number of aromatic nitrogens is 2. The number of nitrogens with zero attached hydrogens (tertiary/aromatic N) is 2. The Bertz CT molecular complexity index is 1190. The molecule has 0 saturated heterocycles. The van der Waals surface area contributed by atoms with E-state index in [1.807, 2.05) is 30.3 Å². The van der Waals surface area contributed by atoms with E-state index in [0.717, 1.165) is 5.56 Å². The molecule has 1 amide bonds. The molecule has 29 heavy (non-hydrogen) atoms. The quantitative estimate of drug-likeness (QED) is 0.372. The summed E-state index contributed by atoms with van der Waals surface area (Å²) in [5, 5.41) is 14.6. The molecule has 0 spiro atoms. The van der Waals surface area contributed by atoms with E-state index in [2.05, 4.69) is 15.3 Å². The Morgan fingerprint density at radius 1 is 1.07 bits per heavy atom. The molecule has 1 unspecified atom stereocenters. The maximum Gasteiger partial charge on any atom is 0.271 e. The number of amides is 1. The third-order valence-electron chi connectivity index (χ3n) is 4.48. The van der Waals surface area contributed by atoms with Gasteiger partial charge in [-0.2, -0.15) is 0 Å². The standard InChI is InChI=1S/C21H15ClN4O3/c22-15-8-6-14(7-9-15)21(27)25-19(13-4-2-1-3-5-13)20-23-17-11-10-16(26(28)29)12-18(17)24-20/h1-12,19H,(H,23,24)(H,25,27). The molecule has 0 aliphatic carbocycles. The van der Waals surface area contributed by atoms with Crippen LogP contribution in [0.15, 0.2) is 72.8 Å². The van der Waals surface area contributed by atoms with Gasteiger partial charge in [-0.3, -0.25) is 14.9 Å². The van der Waals surface area contributed by atoms with Crippen molar-refractivity contribution >= 4 is 34.2 Å². The highest BCUT2D eigenvalue weighted by Gasteiger charge is 2.22. The minimum absolute atomic E-state index is 0.0332. The van der Waals surface area contributed by atoms with Crippen LogP contribution in [0, 0.1) is 10.1 Å². The Morgan fingerprint density at radius 3 is 2.48 bits per heavy atom. The van der Waals surface area contributed by atoms with Crippen LogP contribution in [0.3, 0.4) is 0 Å². The zero-order chi connectivity index (χ0) is 20.4. The fourth-order valence-electron chi connectivity index (χ4n) is 3.04. The van der Waals surface area contributed by atoms with Gasteiger partial charge in [0.15, 0.2) is 0 Å². The van der Waals surface area contributed by atoms with E-state index in [1.165, 1.54) is 12.1 Å². The van der Waals surface area contributed by atoms with E-state index in [9.17, 15) is 14.9 Å². The normalized spacial score (nSPS) is 11.9. The van der Waals surface area contributed by atoms with Crippen LogP contribution in [-0.4, -0.2) is 20.8 Å². The van der Waals surface area contributed by atoms with E-state index < -0.39 is 11.0 Å². The van der Waals surface area contributed by atoms with Crippen LogP contribution in [0.25, 0.3) is 11.0 Å². The number of nitro groups is 1. The maximum absolute atomic E-state index is 12.8. The van der Waals surface area contributed by atoms with E-state index in [-0.39, 0.29) is 11.6 Å². The lowest BCUT2D eigenvalue weighted by Crippen LogP contribution is -2.30. The summed E-state index contributed by atoms with van der Waals surface area (Å²) in [6.07, 6.45) is 0. The number of carbonyl (C=O) groups excluding carboxylic acids is 1. The molecule has 3 aromatic carbocycles. The Labute approximate surface area is 170 Å². The number of aromatic amines is 1. The van der Waals surface area contributed by atoms with E-state index >= 15 is 0 Å². The first-order valence-corrected chi connectivity index (χ1v) is 9.14. The zero-order valence-electron chi connectivity index (χ0n) is 15.0. The number of hydrogen-bond acceptors (Lipinski definition) is 4. The fourth-order valence-corrected chi connectivity index (χ4v) is 3.16. The molecular formula is C21H15ClN4O3. The summed E-state index contributed by atoms with van der Waals surface area (Å²) < 4.78 is 0. The number of halogens is 1. The number of carbonyl (C=O) groups is 1. The van der Waals surface area contributed by atoms with Gasteiger partial charge in [0.05, 0.1) is 16.0 Å². The summed E-state index contributed by atoms with van der Waals surface area (Å²) in [6, 6.07) is 19.8. The number of rotatable bonds is 5. The third kappa shape index (κ3) is 3.95. The molecule has 1 atom stereocenters. The molecule has 1 heterocycles. The molecular weight excluding hydrogens is 392 g/mol. The largest absolute Gasteiger partial charge is 0.340 e. The average Bonchev–Trinajstić information content (AvgIpc) is 3.16. The number of hydrogen-bond donors (Lipinski definition) is 2. The SMILES string of the molecule is O=C(NC(c1ccccc1)c1nc2ccc([N+](=O)[O-])cc2[nH]1)c1ccc(Cl)cc1. The summed E-state index contributed by atoms with van der Waals surface area (Å²) in [7, 11) is 0. The smallest absolute Gasteiger partial charge is 0.271 e. The topological polar surface area (TPSA) is 101 Å². The van der Waals surface area contributed by atoms with Gasteiger partial charge in [-0.1, -0.05) is 41.9 Å². The van der Waals surface area contributed by atoms with Crippen LogP contribution in [0.4, 0.5) is 5.69 Å². The van der Waals surface area contributed by atoms with Crippen molar-refractivity contribution in [3.05, 3.63) is 105 Å². The van der Waals surface area contributed by atoms with E-state index in [0.29, 0.717) is 27.4 Å². The summed E-state index contributed by atoms with van der Waals surface area (Å²) in [5.74, 6) is 0.191. The van der Waals surface area contributed by atoms with Gasteiger partial charge in [0.25, 0.3) is 11.6 Å². The molecule has 0 saturated carbocycles. The third-order valence-corrected chi connectivity index (χ3v) is 4.73. The summed E-state index contributed by atoms with van der Waals surface area (Å²) >= 11 is 5.90. The zero-order valence-corrected chi connectivity index (χ0v) is 15.8. The predicted molar refractivity (Wildman–Crippen MR) is 110 cm³/mol. The van der Waals surface area contributed by atoms with Gasteiger partial charge in [0.1, 0.15) is 11.9 Å². The molecule has 0 fully saturated rings. The van der Waals surface area contributed by atoms with Crippen molar-refractivity contribution in [2.45, 2.75) is 6.04 Å². The highest BCUT2D eigenvalue weighted by Crippen LogP contribution is 2.25. The van der Waals surface area contributed by atoms with Crippen LogP contribution in [-0.2, 0) is 0 Å². The lowest BCUT2D eigenvalue weighted by molar-refractivity contribution is -0.384. The average molecular weight is 407 g/mol. The van der Waals surface area contributed by atoms with Crippen LogP contribution in [0.1, 0.15) is 27.8 Å². The monoisotopic (exact) mass is 406 g/mol. The molecule has 0 bridgehead atoms. The van der Waals surface area contributed by atoms with E-state index in [1.54, 1.807) is 30.3 Å². The van der Waals surface area contributed by atoms with Gasteiger partial charge in [0.2, 0.25) is 0 Å². The summed E-state index contributed by atoms with van der Waals surface area (Å²) in [5.41, 5.74) is 2.35. The van der Waals surface area contributed by atoms with Crippen LogP contribution in [0.5, 0.6) is 0 Å². The van der Waals surface area contributed by atoms with Gasteiger partial charge in [-0.15, -0.1) is 0 Å². The van der Waals surface area contributed by atoms with Crippen LogP contribution >= 0.6 is 11.6 Å². The van der Waals surface area contributed by atoms with Gasteiger partial charge < -0.3 is 10.3 Å². The van der Waals surface area contributed by atoms with Crippen LogP contribution in [0.2, 0.25) is 5.02 Å². The van der Waals surface area contributed by atoms with Gasteiger partial charge in [-0.05, 0) is 35.9 Å². The highest BCUT2D eigenvalue weighted by atomic mass is 35.5. The number of nitrogens with one attached hydrogen (secondary N) is 2. The molecule has 4 aromatic rings. The number of imidazole rings is 1. The van der Waals surface area contributed by atoms with Crippen LogP contribution < -0.4 is 5.32 Å². The lowest BCUT2D eigenvalue weighted by Gasteiger charge is -2.17. The number of nitro benzene ring substituents is 1. The maximum atomic E-state index is 12.8. The first-order valence-electron chi connectivity index (χ1n) is 8.77. The fraction of sp³-hybridized carbons (Fsp3) is 0.0476. The Morgan fingerprint density at radius 2 is 1.79 bits per heavy atom. The summed E-state index contributed by atoms with van der Waals surface area (Å²) in [4.78, 5) is 31.0. The van der Waals surface area contributed by atoms with Crippen molar-refractivity contribution in [1.29, 1.82) is 0 Å². The molecule has 0 aliphatic rings. The minimum Gasteiger partial charge on any atom is -0.340 e. The molecule has 8 heteroatoms. The summed E-state index contributed by atoms with van der Waals surface area (Å²) in [6.45, 7) is 0. The van der Waals surface area contributed by atoms with Gasteiger partial charge in [0, 0.05) is 22.7 Å². The van der Waals surface area contributed by atoms with Crippen molar-refractivity contribution < 1.29 is 9.72 Å². The van der Waals surface area contributed by atoms with Crippen molar-refractivity contribution in [2.75, 3.05) is 0 Å². The second kappa shape index (κ2) is 7.73. The molecule has 2 N–H and O–H groups in total.